The fraction of sp³-hybridized carbons (Fsp3) is 0.593. The normalized spacial score (nSPS) is 23.7. The first-order chi connectivity index (χ1) is 17.5. The average molecular weight is 498 g/mol. The van der Waals surface area contributed by atoms with Crippen LogP contribution in [0.2, 0.25) is 0 Å². The molecule has 1 saturated carbocycles. The topological polar surface area (TPSA) is 90.6 Å². The van der Waals surface area contributed by atoms with E-state index in [1.165, 1.54) is 0 Å². The molecule has 8 nitrogen and oxygen atoms in total. The van der Waals surface area contributed by atoms with Crippen LogP contribution in [0.25, 0.3) is 0 Å². The van der Waals surface area contributed by atoms with Gasteiger partial charge in [0.25, 0.3) is 11.5 Å². The van der Waals surface area contributed by atoms with E-state index < -0.39 is 5.95 Å². The van der Waals surface area contributed by atoms with Crippen LogP contribution in [-0.4, -0.2) is 72.3 Å². The van der Waals surface area contributed by atoms with E-state index in [9.17, 15) is 14.0 Å². The molecule has 0 bridgehead atoms. The molecule has 1 aliphatic carbocycles. The molecule has 2 aromatic heterocycles. The van der Waals surface area contributed by atoms with Crippen LogP contribution in [0.3, 0.4) is 0 Å². The van der Waals surface area contributed by atoms with Gasteiger partial charge in [-0.05, 0) is 56.7 Å². The van der Waals surface area contributed by atoms with E-state index in [2.05, 4.69) is 26.3 Å². The van der Waals surface area contributed by atoms with E-state index in [0.29, 0.717) is 30.9 Å². The van der Waals surface area contributed by atoms with Crippen molar-refractivity contribution in [2.45, 2.75) is 63.5 Å². The van der Waals surface area contributed by atoms with Gasteiger partial charge in [0.05, 0.1) is 5.69 Å². The van der Waals surface area contributed by atoms with Crippen LogP contribution < -0.4 is 15.8 Å². The fourth-order valence-electron chi connectivity index (χ4n) is 5.83. The molecule has 5 rings (SSSR count). The summed E-state index contributed by atoms with van der Waals surface area (Å²) < 4.78 is 20.2. The van der Waals surface area contributed by atoms with Crippen LogP contribution >= 0.6 is 0 Å². The number of aromatic amines is 1. The van der Waals surface area contributed by atoms with Crippen molar-refractivity contribution in [2.75, 3.05) is 44.3 Å². The van der Waals surface area contributed by atoms with Gasteiger partial charge in [-0.1, -0.05) is 13.0 Å². The van der Waals surface area contributed by atoms with E-state index >= 15 is 0 Å². The number of hydrogen-bond donors (Lipinski definition) is 2. The first kappa shape index (κ1) is 24.9. The van der Waals surface area contributed by atoms with Gasteiger partial charge in [0.2, 0.25) is 5.95 Å². The number of amides is 1. The maximum absolute atomic E-state index is 14.9. The molecule has 1 amide bonds. The lowest BCUT2D eigenvalue weighted by Crippen LogP contribution is -2.50. The molecule has 2 saturated heterocycles. The van der Waals surface area contributed by atoms with Gasteiger partial charge in [-0.15, -0.1) is 0 Å². The SMILES string of the molecule is CCc1ccc([C@@H]2CC[C@H](N3CCN(c4ccc(C(=O)NC5CCOCC5)nc4F)CC3)C2)[nH]c1=O. The van der Waals surface area contributed by atoms with Gasteiger partial charge in [0, 0.05) is 68.7 Å². The van der Waals surface area contributed by atoms with Crippen LogP contribution in [0.1, 0.15) is 66.7 Å². The number of H-pyrrole nitrogens is 1. The minimum absolute atomic E-state index is 0.0368. The van der Waals surface area contributed by atoms with Gasteiger partial charge in [-0.3, -0.25) is 14.5 Å². The monoisotopic (exact) mass is 497 g/mol. The summed E-state index contributed by atoms with van der Waals surface area (Å²) in [5, 5.41) is 2.93. The Labute approximate surface area is 211 Å². The Bertz CT molecular complexity index is 1120. The van der Waals surface area contributed by atoms with Crippen molar-refractivity contribution in [2.24, 2.45) is 0 Å². The van der Waals surface area contributed by atoms with Crippen LogP contribution in [0.4, 0.5) is 10.1 Å². The van der Waals surface area contributed by atoms with Crippen LogP contribution in [0.5, 0.6) is 0 Å². The molecule has 3 fully saturated rings. The van der Waals surface area contributed by atoms with E-state index in [-0.39, 0.29) is 23.2 Å². The lowest BCUT2D eigenvalue weighted by Gasteiger charge is -2.39. The number of nitrogens with one attached hydrogen (secondary N) is 2. The molecule has 3 aliphatic rings. The molecule has 194 valence electrons. The Balaban J connectivity index is 1.14. The summed E-state index contributed by atoms with van der Waals surface area (Å²) in [6.45, 7) is 6.40. The Kier molecular flexibility index (Phi) is 7.67. The standard InChI is InChI=1S/C27H36FN5O3/c1-2-18-4-6-22(31-26(18)34)19-3-5-21(17-19)32-11-13-33(14-12-32)24-8-7-23(30-25(24)28)27(35)29-20-9-15-36-16-10-20/h4,6-8,19-21H,2-3,5,9-17H2,1H3,(H,29,35)(H,31,34)/t19-,21+/m1/s1. The molecule has 2 atom stereocenters. The summed E-state index contributed by atoms with van der Waals surface area (Å²) >= 11 is 0. The second kappa shape index (κ2) is 11.1. The molecule has 0 unspecified atom stereocenters. The molecule has 2 aromatic rings. The second-order valence-corrected chi connectivity index (χ2v) is 10.2. The minimum Gasteiger partial charge on any atom is -0.381 e. The highest BCUT2D eigenvalue weighted by Gasteiger charge is 2.33. The highest BCUT2D eigenvalue weighted by molar-refractivity contribution is 5.92. The Hall–Kier alpha value is -2.78. The predicted molar refractivity (Wildman–Crippen MR) is 136 cm³/mol. The smallest absolute Gasteiger partial charge is 0.270 e. The Morgan fingerprint density at radius 2 is 1.89 bits per heavy atom. The lowest BCUT2D eigenvalue weighted by molar-refractivity contribution is 0.0693. The van der Waals surface area contributed by atoms with Gasteiger partial charge in [0.1, 0.15) is 5.69 Å². The molecule has 0 spiro atoms. The number of aryl methyl sites for hydroxylation is 1. The summed E-state index contributed by atoms with van der Waals surface area (Å²) in [5.74, 6) is -0.546. The molecule has 4 heterocycles. The van der Waals surface area contributed by atoms with E-state index in [1.807, 2.05) is 17.9 Å². The van der Waals surface area contributed by atoms with Gasteiger partial charge < -0.3 is 19.9 Å². The lowest BCUT2D eigenvalue weighted by atomic mass is 10.0. The number of pyridine rings is 2. The van der Waals surface area contributed by atoms with Gasteiger partial charge in [-0.2, -0.15) is 4.39 Å². The number of carbonyl (C=O) groups is 1. The van der Waals surface area contributed by atoms with Gasteiger partial charge in [-0.25, -0.2) is 4.98 Å². The van der Waals surface area contributed by atoms with E-state index in [1.54, 1.807) is 12.1 Å². The third-order valence-corrected chi connectivity index (χ3v) is 8.03. The van der Waals surface area contributed by atoms with Crippen molar-refractivity contribution in [3.8, 4) is 0 Å². The highest BCUT2D eigenvalue weighted by Crippen LogP contribution is 2.36. The van der Waals surface area contributed by atoms with E-state index in [0.717, 1.165) is 76.0 Å². The summed E-state index contributed by atoms with van der Waals surface area (Å²) in [4.78, 5) is 36.3. The zero-order chi connectivity index (χ0) is 25.1. The summed E-state index contributed by atoms with van der Waals surface area (Å²) in [6.07, 6.45) is 5.49. The summed E-state index contributed by atoms with van der Waals surface area (Å²) in [5.41, 5.74) is 2.49. The summed E-state index contributed by atoms with van der Waals surface area (Å²) in [6, 6.07) is 7.86. The number of carbonyl (C=O) groups excluding carboxylic acids is 1. The van der Waals surface area contributed by atoms with Gasteiger partial charge in [0.15, 0.2) is 0 Å². The number of halogens is 1. The number of nitrogens with zero attached hydrogens (tertiary/aromatic N) is 3. The number of hydrogen-bond acceptors (Lipinski definition) is 6. The number of rotatable bonds is 6. The second-order valence-electron chi connectivity index (χ2n) is 10.2. The third-order valence-electron chi connectivity index (χ3n) is 8.03. The molecular weight excluding hydrogens is 461 g/mol. The zero-order valence-electron chi connectivity index (χ0n) is 21.0. The first-order valence-corrected chi connectivity index (χ1v) is 13.3. The van der Waals surface area contributed by atoms with E-state index in [4.69, 9.17) is 4.74 Å². The highest BCUT2D eigenvalue weighted by atomic mass is 19.1. The van der Waals surface area contributed by atoms with Crippen molar-refractivity contribution in [1.82, 2.24) is 20.2 Å². The molecular formula is C27H36FN5O3. The first-order valence-electron chi connectivity index (χ1n) is 13.3. The number of piperazine rings is 1. The number of anilines is 1. The Morgan fingerprint density at radius 1 is 1.11 bits per heavy atom. The van der Waals surface area contributed by atoms with Crippen LogP contribution in [0.15, 0.2) is 29.1 Å². The summed E-state index contributed by atoms with van der Waals surface area (Å²) in [7, 11) is 0. The predicted octanol–water partition coefficient (Wildman–Crippen LogP) is 2.84. The quantitative estimate of drug-likeness (QED) is 0.597. The number of aromatic nitrogens is 2. The minimum atomic E-state index is -0.594. The van der Waals surface area contributed by atoms with Crippen molar-refractivity contribution < 1.29 is 13.9 Å². The Morgan fingerprint density at radius 3 is 2.58 bits per heavy atom. The average Bonchev–Trinajstić information content (AvgIpc) is 3.40. The van der Waals surface area contributed by atoms with Crippen molar-refractivity contribution in [3.05, 3.63) is 57.5 Å². The van der Waals surface area contributed by atoms with Crippen molar-refractivity contribution >= 4 is 11.6 Å². The molecule has 2 N–H and O–H groups in total. The van der Waals surface area contributed by atoms with Crippen molar-refractivity contribution in [1.29, 1.82) is 0 Å². The molecule has 0 aromatic carbocycles. The zero-order valence-corrected chi connectivity index (χ0v) is 21.0. The molecule has 36 heavy (non-hydrogen) atoms. The maximum Gasteiger partial charge on any atom is 0.270 e. The van der Waals surface area contributed by atoms with Gasteiger partial charge >= 0.3 is 0 Å². The molecule has 2 aliphatic heterocycles. The fourth-order valence-corrected chi connectivity index (χ4v) is 5.83. The number of ether oxygens (including phenoxy) is 1. The molecule has 0 radical (unpaired) electrons. The van der Waals surface area contributed by atoms with Crippen LogP contribution in [-0.2, 0) is 11.2 Å². The molecule has 9 heteroatoms. The third kappa shape index (κ3) is 5.47. The largest absolute Gasteiger partial charge is 0.381 e. The maximum atomic E-state index is 14.9. The van der Waals surface area contributed by atoms with Crippen molar-refractivity contribution in [3.63, 3.8) is 0 Å². The van der Waals surface area contributed by atoms with Crippen LogP contribution in [0, 0.1) is 5.95 Å².